The first-order valence-electron chi connectivity index (χ1n) is 10.4. The lowest BCUT2D eigenvalue weighted by Gasteiger charge is -2.23. The van der Waals surface area contributed by atoms with E-state index in [1.165, 1.54) is 12.1 Å². The molecule has 2 aromatic rings. The van der Waals surface area contributed by atoms with Gasteiger partial charge in [0, 0.05) is 6.42 Å². The zero-order valence-corrected chi connectivity index (χ0v) is 18.0. The molecule has 0 unspecified atom stereocenters. The number of benzene rings is 2. The van der Waals surface area contributed by atoms with Crippen molar-refractivity contribution in [2.75, 3.05) is 0 Å². The van der Waals surface area contributed by atoms with Gasteiger partial charge in [0.15, 0.2) is 0 Å². The van der Waals surface area contributed by atoms with Gasteiger partial charge in [-0.15, -0.1) is 0 Å². The van der Waals surface area contributed by atoms with Gasteiger partial charge in [-0.2, -0.15) is 0 Å². The Hall–Kier alpha value is -3.19. The number of carbonyl (C=O) groups is 3. The van der Waals surface area contributed by atoms with E-state index in [9.17, 15) is 19.5 Å². The van der Waals surface area contributed by atoms with Crippen LogP contribution in [0.5, 0.6) is 5.75 Å². The highest BCUT2D eigenvalue weighted by Crippen LogP contribution is 2.11. The Bertz CT molecular complexity index is 853. The highest BCUT2D eigenvalue weighted by molar-refractivity contribution is 5.91. The third-order valence-electron chi connectivity index (χ3n) is 4.86. The molecule has 7 heteroatoms. The van der Waals surface area contributed by atoms with Crippen LogP contribution in [0.1, 0.15) is 31.4 Å². The van der Waals surface area contributed by atoms with Gasteiger partial charge in [0.25, 0.3) is 0 Å². The second kappa shape index (κ2) is 11.9. The molecule has 2 rings (SSSR count). The summed E-state index contributed by atoms with van der Waals surface area (Å²) >= 11 is 0. The number of hydrogen-bond acceptors (Lipinski definition) is 5. The lowest BCUT2D eigenvalue weighted by atomic mass is 10.0. The molecule has 0 aliphatic carbocycles. The summed E-state index contributed by atoms with van der Waals surface area (Å²) in [4.78, 5) is 37.0. The van der Waals surface area contributed by atoms with Crippen molar-refractivity contribution in [2.45, 2.75) is 51.2 Å². The van der Waals surface area contributed by atoms with E-state index in [4.69, 9.17) is 5.73 Å². The molecule has 166 valence electrons. The molecule has 0 saturated carbocycles. The van der Waals surface area contributed by atoms with Crippen molar-refractivity contribution < 1.29 is 19.5 Å². The molecule has 0 saturated heterocycles. The van der Waals surface area contributed by atoms with Gasteiger partial charge in [-0.25, -0.2) is 0 Å². The monoisotopic (exact) mass is 425 g/mol. The Labute approximate surface area is 183 Å². The predicted octanol–water partition coefficient (Wildman–Crippen LogP) is 1.72. The van der Waals surface area contributed by atoms with E-state index in [2.05, 4.69) is 10.6 Å². The summed E-state index contributed by atoms with van der Waals surface area (Å²) in [7, 11) is 0. The van der Waals surface area contributed by atoms with Crippen molar-refractivity contribution in [1.82, 2.24) is 10.6 Å². The Balaban J connectivity index is 2.09. The van der Waals surface area contributed by atoms with E-state index >= 15 is 0 Å². The Morgan fingerprint density at radius 3 is 2.13 bits per heavy atom. The third kappa shape index (κ3) is 8.22. The van der Waals surface area contributed by atoms with Gasteiger partial charge in [0.05, 0.1) is 12.1 Å². The maximum atomic E-state index is 12.9. The molecule has 0 heterocycles. The average Bonchev–Trinajstić information content (AvgIpc) is 2.74. The molecule has 31 heavy (non-hydrogen) atoms. The van der Waals surface area contributed by atoms with Crippen molar-refractivity contribution in [1.29, 1.82) is 0 Å². The lowest BCUT2D eigenvalue weighted by molar-refractivity contribution is -0.130. The summed E-state index contributed by atoms with van der Waals surface area (Å²) in [6.07, 6.45) is 1.77. The van der Waals surface area contributed by atoms with Gasteiger partial charge in [-0.1, -0.05) is 56.3 Å². The van der Waals surface area contributed by atoms with Crippen LogP contribution in [0.15, 0.2) is 54.6 Å². The van der Waals surface area contributed by atoms with Gasteiger partial charge in [0.2, 0.25) is 11.8 Å². The number of rotatable bonds is 11. The van der Waals surface area contributed by atoms with Gasteiger partial charge in [-0.05, 0) is 42.0 Å². The third-order valence-corrected chi connectivity index (χ3v) is 4.86. The second-order valence-electron chi connectivity index (χ2n) is 8.11. The van der Waals surface area contributed by atoms with Crippen LogP contribution >= 0.6 is 0 Å². The lowest BCUT2D eigenvalue weighted by Crippen LogP contribution is -2.54. The number of nitrogens with one attached hydrogen (secondary N) is 2. The van der Waals surface area contributed by atoms with Crippen LogP contribution in [0, 0.1) is 5.92 Å². The zero-order chi connectivity index (χ0) is 22.8. The minimum atomic E-state index is -0.867. The number of aldehydes is 1. The van der Waals surface area contributed by atoms with Gasteiger partial charge in [0.1, 0.15) is 18.1 Å². The van der Waals surface area contributed by atoms with Crippen LogP contribution in [0.2, 0.25) is 0 Å². The van der Waals surface area contributed by atoms with Crippen molar-refractivity contribution in [3.8, 4) is 5.75 Å². The highest BCUT2D eigenvalue weighted by Gasteiger charge is 2.26. The maximum absolute atomic E-state index is 12.9. The summed E-state index contributed by atoms with van der Waals surface area (Å²) < 4.78 is 0. The fourth-order valence-electron chi connectivity index (χ4n) is 3.26. The van der Waals surface area contributed by atoms with E-state index < -0.39 is 29.9 Å². The van der Waals surface area contributed by atoms with Crippen LogP contribution in [-0.4, -0.2) is 41.3 Å². The Morgan fingerprint density at radius 2 is 1.55 bits per heavy atom. The molecule has 5 N–H and O–H groups in total. The van der Waals surface area contributed by atoms with Gasteiger partial charge in [-0.3, -0.25) is 9.59 Å². The zero-order valence-electron chi connectivity index (χ0n) is 18.0. The molecule has 7 nitrogen and oxygen atoms in total. The molecule has 2 amide bonds. The van der Waals surface area contributed by atoms with Crippen LogP contribution in [-0.2, 0) is 27.2 Å². The smallest absolute Gasteiger partial charge is 0.243 e. The molecular formula is C24H31N3O4. The summed E-state index contributed by atoms with van der Waals surface area (Å²) in [5, 5.41) is 14.9. The Kier molecular flexibility index (Phi) is 9.21. The first-order chi connectivity index (χ1) is 14.8. The molecular weight excluding hydrogens is 394 g/mol. The Morgan fingerprint density at radius 1 is 0.935 bits per heavy atom. The van der Waals surface area contributed by atoms with E-state index in [-0.39, 0.29) is 24.5 Å². The normalized spacial score (nSPS) is 13.8. The quantitative estimate of drug-likeness (QED) is 0.409. The average molecular weight is 426 g/mol. The predicted molar refractivity (Wildman–Crippen MR) is 119 cm³/mol. The number of carbonyl (C=O) groups excluding carboxylic acids is 3. The minimum absolute atomic E-state index is 0.132. The highest BCUT2D eigenvalue weighted by atomic mass is 16.3. The van der Waals surface area contributed by atoms with E-state index in [0.29, 0.717) is 6.42 Å². The minimum Gasteiger partial charge on any atom is -0.508 e. The molecule has 0 aliphatic rings. The van der Waals surface area contributed by atoms with Crippen molar-refractivity contribution in [3.05, 3.63) is 65.7 Å². The molecule has 0 aromatic heterocycles. The number of phenols is 1. The number of phenolic OH excluding ortho intramolecular Hbond substituents is 1. The van der Waals surface area contributed by atoms with E-state index in [0.717, 1.165) is 17.4 Å². The summed E-state index contributed by atoms with van der Waals surface area (Å²) in [6.45, 7) is 3.93. The van der Waals surface area contributed by atoms with Gasteiger partial charge >= 0.3 is 0 Å². The first-order valence-corrected chi connectivity index (χ1v) is 10.4. The SMILES string of the molecule is CC(C)C[C@@H](C=O)NC(=O)[C@@H](Cc1ccccc1)NC(=O)[C@@H](N)Cc1ccc(O)cc1. The van der Waals surface area contributed by atoms with E-state index in [1.807, 2.05) is 44.2 Å². The number of amides is 2. The van der Waals surface area contributed by atoms with Crippen molar-refractivity contribution in [3.63, 3.8) is 0 Å². The first kappa shape index (κ1) is 24.1. The fourth-order valence-corrected chi connectivity index (χ4v) is 3.26. The van der Waals surface area contributed by atoms with E-state index in [1.54, 1.807) is 12.1 Å². The topological polar surface area (TPSA) is 122 Å². The molecule has 2 aromatic carbocycles. The molecule has 0 aliphatic heterocycles. The number of nitrogens with two attached hydrogens (primary N) is 1. The largest absolute Gasteiger partial charge is 0.508 e. The van der Waals surface area contributed by atoms with Crippen LogP contribution in [0.25, 0.3) is 0 Å². The second-order valence-corrected chi connectivity index (χ2v) is 8.11. The molecule has 0 fully saturated rings. The van der Waals surface area contributed by atoms with Gasteiger partial charge < -0.3 is 26.3 Å². The summed E-state index contributed by atoms with van der Waals surface area (Å²) in [5.41, 5.74) is 7.73. The summed E-state index contributed by atoms with van der Waals surface area (Å²) in [5.74, 6) is -0.522. The van der Waals surface area contributed by atoms with Crippen LogP contribution < -0.4 is 16.4 Å². The number of aromatic hydroxyl groups is 1. The standard InChI is InChI=1S/C24H31N3O4/c1-16(2)12-19(15-28)26-24(31)22(14-17-6-4-3-5-7-17)27-23(30)21(25)13-18-8-10-20(29)11-9-18/h3-11,15-16,19,21-22,29H,12-14,25H2,1-2H3,(H,26,31)(H,27,30)/t19-,21-,22+/m0/s1. The fraction of sp³-hybridized carbons (Fsp3) is 0.375. The van der Waals surface area contributed by atoms with Crippen molar-refractivity contribution in [2.24, 2.45) is 11.7 Å². The van der Waals surface area contributed by atoms with Crippen LogP contribution in [0.3, 0.4) is 0 Å². The molecule has 0 spiro atoms. The molecule has 0 bridgehead atoms. The number of hydrogen-bond donors (Lipinski definition) is 4. The van der Waals surface area contributed by atoms with Crippen molar-refractivity contribution >= 4 is 18.1 Å². The van der Waals surface area contributed by atoms with Crippen LogP contribution in [0.4, 0.5) is 0 Å². The molecule has 0 radical (unpaired) electrons. The molecule has 3 atom stereocenters. The summed E-state index contributed by atoms with van der Waals surface area (Å²) in [6, 6.07) is 13.4. The maximum Gasteiger partial charge on any atom is 0.243 e.